The van der Waals surface area contributed by atoms with Crippen molar-refractivity contribution in [3.8, 4) is 0 Å². The maximum Gasteiger partial charge on any atom is 0.0729 e. The van der Waals surface area contributed by atoms with Gasteiger partial charge < -0.3 is 10.5 Å². The van der Waals surface area contributed by atoms with E-state index in [9.17, 15) is 0 Å². The Kier molecular flexibility index (Phi) is 3.76. The lowest BCUT2D eigenvalue weighted by Crippen LogP contribution is -2.38. The van der Waals surface area contributed by atoms with Crippen LogP contribution in [0.2, 0.25) is 0 Å². The van der Waals surface area contributed by atoms with Crippen molar-refractivity contribution < 1.29 is 4.74 Å². The monoisotopic (exact) mass is 169 g/mol. The maximum absolute atomic E-state index is 5.96. The van der Waals surface area contributed by atoms with Gasteiger partial charge in [0.05, 0.1) is 6.10 Å². The minimum atomic E-state index is 0.155. The molecule has 70 valence electrons. The van der Waals surface area contributed by atoms with Crippen molar-refractivity contribution in [1.82, 2.24) is 0 Å². The zero-order valence-corrected chi connectivity index (χ0v) is 7.88. The highest BCUT2D eigenvalue weighted by Crippen LogP contribution is 2.17. The van der Waals surface area contributed by atoms with Gasteiger partial charge in [-0.3, -0.25) is 0 Å². The van der Waals surface area contributed by atoms with Gasteiger partial charge in [-0.2, -0.15) is 0 Å². The largest absolute Gasteiger partial charge is 0.377 e. The maximum atomic E-state index is 5.96. The fourth-order valence-corrected chi connectivity index (χ4v) is 1.64. The third-order valence-corrected chi connectivity index (χ3v) is 2.28. The van der Waals surface area contributed by atoms with Crippen molar-refractivity contribution in [3.05, 3.63) is 12.2 Å². The summed E-state index contributed by atoms with van der Waals surface area (Å²) in [6.07, 6.45) is 4.74. The molecule has 1 saturated heterocycles. The van der Waals surface area contributed by atoms with Crippen LogP contribution in [0.3, 0.4) is 0 Å². The van der Waals surface area contributed by atoms with Crippen molar-refractivity contribution in [1.29, 1.82) is 0 Å². The lowest BCUT2D eigenvalue weighted by atomic mass is 9.98. The number of nitrogens with two attached hydrogens (primary N) is 1. The summed E-state index contributed by atoms with van der Waals surface area (Å²) in [4.78, 5) is 0. The third kappa shape index (κ3) is 2.95. The number of hydrogen-bond donors (Lipinski definition) is 1. The van der Waals surface area contributed by atoms with Crippen LogP contribution in [0.15, 0.2) is 12.2 Å². The Morgan fingerprint density at radius 3 is 2.92 bits per heavy atom. The van der Waals surface area contributed by atoms with E-state index in [-0.39, 0.29) is 12.1 Å². The van der Waals surface area contributed by atoms with Gasteiger partial charge in [-0.25, -0.2) is 0 Å². The molecule has 1 rings (SSSR count). The summed E-state index contributed by atoms with van der Waals surface area (Å²) in [5.74, 6) is 0. The third-order valence-electron chi connectivity index (χ3n) is 2.28. The van der Waals surface area contributed by atoms with Crippen LogP contribution in [0.1, 0.15) is 32.6 Å². The van der Waals surface area contributed by atoms with Gasteiger partial charge in [-0.05, 0) is 32.6 Å². The van der Waals surface area contributed by atoms with Crippen LogP contribution in [0.25, 0.3) is 0 Å². The molecule has 2 N–H and O–H groups in total. The van der Waals surface area contributed by atoms with Crippen molar-refractivity contribution in [2.45, 2.75) is 44.8 Å². The van der Waals surface area contributed by atoms with E-state index < -0.39 is 0 Å². The molecule has 2 atom stereocenters. The predicted octanol–water partition coefficient (Wildman–Crippen LogP) is 1.85. The second kappa shape index (κ2) is 4.63. The van der Waals surface area contributed by atoms with Crippen molar-refractivity contribution >= 4 is 0 Å². The molecule has 2 unspecified atom stereocenters. The fraction of sp³-hybridized carbons (Fsp3) is 0.800. The van der Waals surface area contributed by atoms with Gasteiger partial charge in [0.15, 0.2) is 0 Å². The molecule has 1 fully saturated rings. The first-order chi connectivity index (χ1) is 5.70. The van der Waals surface area contributed by atoms with Gasteiger partial charge >= 0.3 is 0 Å². The van der Waals surface area contributed by atoms with Crippen LogP contribution in [0, 0.1) is 0 Å². The molecule has 0 radical (unpaired) electrons. The lowest BCUT2D eigenvalue weighted by Gasteiger charge is -2.27. The number of ether oxygens (including phenoxy) is 1. The van der Waals surface area contributed by atoms with E-state index in [0.717, 1.165) is 25.0 Å². The molecule has 1 heterocycles. The first kappa shape index (κ1) is 9.75. The molecule has 0 aliphatic carbocycles. The number of rotatable bonds is 3. The second-order valence-electron chi connectivity index (χ2n) is 3.73. The topological polar surface area (TPSA) is 35.2 Å². The highest BCUT2D eigenvalue weighted by molar-refractivity contribution is 4.94. The SMILES string of the molecule is C=C(C)CC(N)C1CCCCO1. The van der Waals surface area contributed by atoms with Crippen molar-refractivity contribution in [3.63, 3.8) is 0 Å². The molecule has 0 saturated carbocycles. The predicted molar refractivity (Wildman–Crippen MR) is 51.0 cm³/mol. The normalized spacial score (nSPS) is 26.7. The van der Waals surface area contributed by atoms with Crippen molar-refractivity contribution in [2.24, 2.45) is 5.73 Å². The summed E-state index contributed by atoms with van der Waals surface area (Å²) in [6.45, 7) is 6.75. The summed E-state index contributed by atoms with van der Waals surface area (Å²) in [6, 6.07) is 0.155. The Labute approximate surface area is 74.8 Å². The molecular weight excluding hydrogens is 150 g/mol. The molecule has 0 spiro atoms. The molecule has 0 bridgehead atoms. The zero-order valence-electron chi connectivity index (χ0n) is 7.88. The van der Waals surface area contributed by atoms with Crippen LogP contribution in [-0.4, -0.2) is 18.8 Å². The minimum absolute atomic E-state index is 0.155. The summed E-state index contributed by atoms with van der Waals surface area (Å²) in [5, 5.41) is 0. The van der Waals surface area contributed by atoms with E-state index in [1.165, 1.54) is 12.8 Å². The van der Waals surface area contributed by atoms with E-state index in [0.29, 0.717) is 0 Å². The average Bonchev–Trinajstić information content (AvgIpc) is 2.05. The summed E-state index contributed by atoms with van der Waals surface area (Å²) in [7, 11) is 0. The Balaban J connectivity index is 2.29. The number of hydrogen-bond acceptors (Lipinski definition) is 2. The molecule has 2 nitrogen and oxygen atoms in total. The zero-order chi connectivity index (χ0) is 8.97. The first-order valence-corrected chi connectivity index (χ1v) is 4.71. The first-order valence-electron chi connectivity index (χ1n) is 4.71. The Bertz CT molecular complexity index is 150. The molecule has 0 aromatic heterocycles. The van der Waals surface area contributed by atoms with Gasteiger partial charge in [0.25, 0.3) is 0 Å². The Morgan fingerprint density at radius 1 is 1.67 bits per heavy atom. The average molecular weight is 169 g/mol. The molecule has 12 heavy (non-hydrogen) atoms. The Morgan fingerprint density at radius 2 is 2.42 bits per heavy atom. The highest BCUT2D eigenvalue weighted by atomic mass is 16.5. The van der Waals surface area contributed by atoms with Crippen LogP contribution in [0.5, 0.6) is 0 Å². The van der Waals surface area contributed by atoms with Gasteiger partial charge in [0, 0.05) is 12.6 Å². The summed E-state index contributed by atoms with van der Waals surface area (Å²) < 4.78 is 5.57. The molecule has 1 aliphatic rings. The smallest absolute Gasteiger partial charge is 0.0729 e. The summed E-state index contributed by atoms with van der Waals surface area (Å²) in [5.41, 5.74) is 7.11. The van der Waals surface area contributed by atoms with E-state index in [1.54, 1.807) is 0 Å². The van der Waals surface area contributed by atoms with E-state index in [4.69, 9.17) is 10.5 Å². The van der Waals surface area contributed by atoms with E-state index in [1.807, 2.05) is 6.92 Å². The Hall–Kier alpha value is -0.340. The molecular formula is C10H19NO. The highest BCUT2D eigenvalue weighted by Gasteiger charge is 2.20. The van der Waals surface area contributed by atoms with E-state index in [2.05, 4.69) is 6.58 Å². The van der Waals surface area contributed by atoms with Crippen LogP contribution in [0.4, 0.5) is 0 Å². The van der Waals surface area contributed by atoms with Gasteiger partial charge in [-0.15, -0.1) is 6.58 Å². The molecule has 2 heteroatoms. The fourth-order valence-electron chi connectivity index (χ4n) is 1.64. The van der Waals surface area contributed by atoms with Crippen LogP contribution in [-0.2, 0) is 4.74 Å². The van der Waals surface area contributed by atoms with Crippen LogP contribution >= 0.6 is 0 Å². The molecule has 0 aromatic rings. The van der Waals surface area contributed by atoms with Gasteiger partial charge in [0.2, 0.25) is 0 Å². The molecule has 0 aromatic carbocycles. The van der Waals surface area contributed by atoms with E-state index >= 15 is 0 Å². The minimum Gasteiger partial charge on any atom is -0.377 e. The molecule has 1 aliphatic heterocycles. The van der Waals surface area contributed by atoms with Gasteiger partial charge in [0.1, 0.15) is 0 Å². The van der Waals surface area contributed by atoms with Gasteiger partial charge in [-0.1, -0.05) is 5.57 Å². The lowest BCUT2D eigenvalue weighted by molar-refractivity contribution is 0.000667. The quantitative estimate of drug-likeness (QED) is 0.654. The second-order valence-corrected chi connectivity index (χ2v) is 3.73. The standard InChI is InChI=1S/C10H19NO/c1-8(2)7-9(11)10-5-3-4-6-12-10/h9-10H,1,3-7,11H2,2H3. The van der Waals surface area contributed by atoms with Crippen LogP contribution < -0.4 is 5.73 Å². The summed E-state index contributed by atoms with van der Waals surface area (Å²) >= 11 is 0. The van der Waals surface area contributed by atoms with Crippen molar-refractivity contribution in [2.75, 3.05) is 6.61 Å². The molecule has 0 amide bonds.